The van der Waals surface area contributed by atoms with Crippen molar-refractivity contribution in [3.05, 3.63) is 36.0 Å². The van der Waals surface area contributed by atoms with E-state index < -0.39 is 5.97 Å². The van der Waals surface area contributed by atoms with Gasteiger partial charge in [-0.2, -0.15) is 0 Å². The number of hydrogen-bond donors (Lipinski definition) is 1. The summed E-state index contributed by atoms with van der Waals surface area (Å²) >= 11 is 0. The molecule has 0 radical (unpaired) electrons. The molecule has 1 N–H and O–H groups in total. The molecule has 0 aliphatic heterocycles. The first-order chi connectivity index (χ1) is 6.17. The van der Waals surface area contributed by atoms with Gasteiger partial charge >= 0.3 is 5.97 Å². The fraction of sp³-hybridized carbons (Fsp3) is 0.364. The van der Waals surface area contributed by atoms with Crippen molar-refractivity contribution in [2.75, 3.05) is 0 Å². The van der Waals surface area contributed by atoms with Crippen LogP contribution in [0.3, 0.4) is 0 Å². The smallest absolute Gasteiger partial charge is 0.307 e. The molecule has 0 spiro atoms. The van der Waals surface area contributed by atoms with Gasteiger partial charge < -0.3 is 5.11 Å². The summed E-state index contributed by atoms with van der Waals surface area (Å²) < 4.78 is 0. The normalized spacial score (nSPS) is 25.5. The number of allylic oxidation sites excluding steroid dienone is 5. The first-order valence-corrected chi connectivity index (χ1v) is 4.38. The van der Waals surface area contributed by atoms with Crippen molar-refractivity contribution in [3.8, 4) is 0 Å². The van der Waals surface area contributed by atoms with E-state index in [0.29, 0.717) is 12.8 Å². The van der Waals surface area contributed by atoms with Crippen LogP contribution in [0.2, 0.25) is 0 Å². The summed E-state index contributed by atoms with van der Waals surface area (Å²) in [5.41, 5.74) is 2.11. The molecule has 0 aromatic carbocycles. The molecule has 0 aromatic rings. The molecule has 13 heavy (non-hydrogen) atoms. The predicted octanol–water partition coefficient (Wildman–Crippen LogP) is 2.54. The minimum Gasteiger partial charge on any atom is -0.481 e. The van der Waals surface area contributed by atoms with E-state index in [-0.39, 0.29) is 5.92 Å². The van der Waals surface area contributed by atoms with E-state index in [1.54, 1.807) is 6.08 Å². The summed E-state index contributed by atoms with van der Waals surface area (Å²) in [6.07, 6.45) is 6.96. The van der Waals surface area contributed by atoms with Crippen LogP contribution in [0.15, 0.2) is 36.0 Å². The molecule has 0 amide bonds. The van der Waals surface area contributed by atoms with Crippen molar-refractivity contribution in [2.45, 2.75) is 19.8 Å². The van der Waals surface area contributed by atoms with Gasteiger partial charge in [-0.3, -0.25) is 4.79 Å². The molecule has 0 aromatic heterocycles. The van der Waals surface area contributed by atoms with Gasteiger partial charge in [-0.15, -0.1) is 0 Å². The molecule has 0 saturated heterocycles. The fourth-order valence-corrected chi connectivity index (χ4v) is 1.52. The lowest BCUT2D eigenvalue weighted by Gasteiger charge is -2.19. The second-order valence-electron chi connectivity index (χ2n) is 3.23. The molecule has 1 aliphatic carbocycles. The lowest BCUT2D eigenvalue weighted by Crippen LogP contribution is -2.17. The molecule has 1 aliphatic rings. The summed E-state index contributed by atoms with van der Waals surface area (Å²) in [7, 11) is 0. The Balaban J connectivity index is 2.87. The summed E-state index contributed by atoms with van der Waals surface area (Å²) in [5, 5.41) is 8.88. The number of aliphatic carboxylic acids is 1. The van der Waals surface area contributed by atoms with Gasteiger partial charge in [-0.1, -0.05) is 30.4 Å². The maximum absolute atomic E-state index is 10.8. The molecule has 2 heteroatoms. The van der Waals surface area contributed by atoms with Crippen molar-refractivity contribution in [3.63, 3.8) is 0 Å². The van der Waals surface area contributed by atoms with E-state index in [4.69, 9.17) is 5.11 Å². The molecule has 0 heterocycles. The SMILES string of the molecule is C=CC1=C/C(=C/C)CC(C(=O)O)C1. The Bertz CT molecular complexity index is 284. The highest BCUT2D eigenvalue weighted by molar-refractivity contribution is 5.71. The average Bonchev–Trinajstić information content (AvgIpc) is 2.16. The van der Waals surface area contributed by atoms with E-state index in [1.165, 1.54) is 0 Å². The van der Waals surface area contributed by atoms with Gasteiger partial charge in [0.2, 0.25) is 0 Å². The van der Waals surface area contributed by atoms with E-state index in [1.807, 2.05) is 19.1 Å². The van der Waals surface area contributed by atoms with Crippen LogP contribution in [0.5, 0.6) is 0 Å². The van der Waals surface area contributed by atoms with Crippen LogP contribution in [0.25, 0.3) is 0 Å². The lowest BCUT2D eigenvalue weighted by atomic mass is 9.86. The van der Waals surface area contributed by atoms with Gasteiger partial charge in [0.15, 0.2) is 0 Å². The maximum Gasteiger partial charge on any atom is 0.307 e. The third-order valence-corrected chi connectivity index (χ3v) is 2.32. The minimum absolute atomic E-state index is 0.274. The lowest BCUT2D eigenvalue weighted by molar-refractivity contribution is -0.141. The molecule has 0 bridgehead atoms. The van der Waals surface area contributed by atoms with Crippen molar-refractivity contribution in [1.29, 1.82) is 0 Å². The number of carboxylic acids is 1. The Morgan fingerprint density at radius 3 is 2.85 bits per heavy atom. The van der Waals surface area contributed by atoms with Gasteiger partial charge in [-0.05, 0) is 25.3 Å². The van der Waals surface area contributed by atoms with Crippen LogP contribution in [-0.2, 0) is 4.79 Å². The predicted molar refractivity (Wildman–Crippen MR) is 52.4 cm³/mol. The molecule has 70 valence electrons. The summed E-state index contributed by atoms with van der Waals surface area (Å²) in [6.45, 7) is 5.59. The van der Waals surface area contributed by atoms with Gasteiger partial charge in [0.25, 0.3) is 0 Å². The van der Waals surface area contributed by atoms with Crippen molar-refractivity contribution in [1.82, 2.24) is 0 Å². The zero-order valence-corrected chi connectivity index (χ0v) is 7.79. The van der Waals surface area contributed by atoms with Crippen molar-refractivity contribution < 1.29 is 9.90 Å². The van der Waals surface area contributed by atoms with Crippen LogP contribution in [0.1, 0.15) is 19.8 Å². The highest BCUT2D eigenvalue weighted by Gasteiger charge is 2.22. The Kier molecular flexibility index (Phi) is 3.07. The standard InChI is InChI=1S/C11H14O2/c1-3-8-5-9(4-2)7-10(6-8)11(12)13/h3-5,10H,1,6-7H2,2H3,(H,12,13)/b9-4-. The van der Waals surface area contributed by atoms with Crippen LogP contribution >= 0.6 is 0 Å². The molecule has 1 atom stereocenters. The van der Waals surface area contributed by atoms with Gasteiger partial charge in [-0.25, -0.2) is 0 Å². The number of rotatable bonds is 2. The van der Waals surface area contributed by atoms with Gasteiger partial charge in [0, 0.05) is 0 Å². The van der Waals surface area contributed by atoms with Crippen molar-refractivity contribution in [2.24, 2.45) is 5.92 Å². The van der Waals surface area contributed by atoms with Gasteiger partial charge in [0.1, 0.15) is 0 Å². The molecule has 2 nitrogen and oxygen atoms in total. The Hall–Kier alpha value is -1.31. The monoisotopic (exact) mass is 178 g/mol. The summed E-state index contributed by atoms with van der Waals surface area (Å²) in [4.78, 5) is 10.8. The maximum atomic E-state index is 10.8. The summed E-state index contributed by atoms with van der Waals surface area (Å²) in [5.74, 6) is -0.990. The van der Waals surface area contributed by atoms with E-state index >= 15 is 0 Å². The highest BCUT2D eigenvalue weighted by atomic mass is 16.4. The minimum atomic E-state index is -0.716. The zero-order valence-electron chi connectivity index (χ0n) is 7.79. The van der Waals surface area contributed by atoms with E-state index in [9.17, 15) is 4.79 Å². The molecule has 1 rings (SSSR count). The average molecular weight is 178 g/mol. The molecule has 1 unspecified atom stereocenters. The largest absolute Gasteiger partial charge is 0.481 e. The van der Waals surface area contributed by atoms with E-state index in [2.05, 4.69) is 6.58 Å². The second kappa shape index (κ2) is 4.08. The fourth-order valence-electron chi connectivity index (χ4n) is 1.52. The molecular weight excluding hydrogens is 164 g/mol. The van der Waals surface area contributed by atoms with Crippen molar-refractivity contribution >= 4 is 5.97 Å². The third-order valence-electron chi connectivity index (χ3n) is 2.32. The Morgan fingerprint density at radius 2 is 2.38 bits per heavy atom. The Labute approximate surface area is 78.3 Å². The van der Waals surface area contributed by atoms with Crippen LogP contribution in [-0.4, -0.2) is 11.1 Å². The number of carboxylic acid groups (broad SMARTS) is 1. The number of carbonyl (C=O) groups is 1. The third kappa shape index (κ3) is 2.31. The van der Waals surface area contributed by atoms with E-state index in [0.717, 1.165) is 11.1 Å². The van der Waals surface area contributed by atoms with Gasteiger partial charge in [0.05, 0.1) is 5.92 Å². The van der Waals surface area contributed by atoms with Crippen LogP contribution < -0.4 is 0 Å². The Morgan fingerprint density at radius 1 is 1.69 bits per heavy atom. The summed E-state index contributed by atoms with van der Waals surface area (Å²) in [6, 6.07) is 0. The number of hydrogen-bond acceptors (Lipinski definition) is 1. The highest BCUT2D eigenvalue weighted by Crippen LogP contribution is 2.28. The van der Waals surface area contributed by atoms with Crippen LogP contribution in [0, 0.1) is 5.92 Å². The zero-order chi connectivity index (χ0) is 9.84. The topological polar surface area (TPSA) is 37.3 Å². The first kappa shape index (κ1) is 9.78. The quantitative estimate of drug-likeness (QED) is 0.705. The first-order valence-electron chi connectivity index (χ1n) is 4.38. The van der Waals surface area contributed by atoms with Crippen LogP contribution in [0.4, 0.5) is 0 Å². The molecule has 0 fully saturated rings. The molecular formula is C11H14O2. The molecule has 0 saturated carbocycles. The second-order valence-corrected chi connectivity index (χ2v) is 3.23.